The van der Waals surface area contributed by atoms with Crippen LogP contribution in [0.5, 0.6) is 0 Å². The quantitative estimate of drug-likeness (QED) is 0.184. The predicted molar refractivity (Wildman–Crippen MR) is 175 cm³/mol. The molecule has 3 aromatic carbocycles. The Morgan fingerprint density at radius 2 is 1.62 bits per heavy atom. The number of aromatic nitrogens is 4. The van der Waals surface area contributed by atoms with Gasteiger partial charge in [0, 0.05) is 55.6 Å². The van der Waals surface area contributed by atoms with Gasteiger partial charge >= 0.3 is 12.0 Å². The third-order valence-electron chi connectivity index (χ3n) is 7.57. The molecule has 1 atom stereocenters. The summed E-state index contributed by atoms with van der Waals surface area (Å²) in [5.41, 5.74) is 1.76. The summed E-state index contributed by atoms with van der Waals surface area (Å²) in [5, 5.41) is 28.1. The summed E-state index contributed by atoms with van der Waals surface area (Å²) in [7, 11) is 2.00. The van der Waals surface area contributed by atoms with Crippen LogP contribution < -0.4 is 16.0 Å². The van der Waals surface area contributed by atoms with Crippen LogP contribution in [0.25, 0.3) is 11.8 Å². The molecule has 1 aliphatic rings. The highest BCUT2D eigenvalue weighted by molar-refractivity contribution is 6.31. The molecule has 4 aromatic rings. The Balaban J connectivity index is 1.32. The van der Waals surface area contributed by atoms with Gasteiger partial charge in [0.2, 0.25) is 11.8 Å². The maximum Gasteiger partial charge on any atom is 0.335 e. The molecule has 0 saturated carbocycles. The summed E-state index contributed by atoms with van der Waals surface area (Å²) in [6.07, 6.45) is 3.56. The summed E-state index contributed by atoms with van der Waals surface area (Å²) in [6, 6.07) is 13.9. The maximum atomic E-state index is 15.0. The first-order chi connectivity index (χ1) is 23.1. The smallest absolute Gasteiger partial charge is 0.335 e. The first-order valence-electron chi connectivity index (χ1n) is 14.7. The van der Waals surface area contributed by atoms with Gasteiger partial charge in [-0.15, -0.1) is 5.10 Å². The number of tetrazole rings is 1. The molecule has 1 saturated heterocycles. The summed E-state index contributed by atoms with van der Waals surface area (Å²) >= 11 is 5.98. The van der Waals surface area contributed by atoms with Crippen molar-refractivity contribution in [2.45, 2.75) is 12.5 Å². The van der Waals surface area contributed by atoms with Crippen molar-refractivity contribution in [1.82, 2.24) is 35.3 Å². The maximum absolute atomic E-state index is 15.0. The van der Waals surface area contributed by atoms with Gasteiger partial charge in [-0.3, -0.25) is 9.59 Å². The van der Waals surface area contributed by atoms with Gasteiger partial charge in [-0.1, -0.05) is 23.7 Å². The molecule has 4 N–H and O–H groups in total. The van der Waals surface area contributed by atoms with Gasteiger partial charge in [0.25, 0.3) is 0 Å². The van der Waals surface area contributed by atoms with Gasteiger partial charge < -0.3 is 30.9 Å². The van der Waals surface area contributed by atoms with Crippen molar-refractivity contribution in [3.8, 4) is 5.69 Å². The number of nitrogens with one attached hydrogen (secondary N) is 3. The van der Waals surface area contributed by atoms with Crippen LogP contribution >= 0.6 is 11.6 Å². The Morgan fingerprint density at radius 1 is 0.958 bits per heavy atom. The summed E-state index contributed by atoms with van der Waals surface area (Å²) in [4.78, 5) is 54.4. The van der Waals surface area contributed by atoms with Crippen molar-refractivity contribution < 1.29 is 28.7 Å². The van der Waals surface area contributed by atoms with Crippen molar-refractivity contribution in [3.05, 3.63) is 101 Å². The van der Waals surface area contributed by atoms with E-state index in [0.717, 1.165) is 19.2 Å². The fourth-order valence-electron chi connectivity index (χ4n) is 4.87. The number of carboxylic acids is 1. The summed E-state index contributed by atoms with van der Waals surface area (Å²) < 4.78 is 16.2. The van der Waals surface area contributed by atoms with E-state index >= 15 is 4.39 Å². The number of hydrogen-bond donors (Lipinski definition) is 4. The zero-order chi connectivity index (χ0) is 34.2. The lowest BCUT2D eigenvalue weighted by Gasteiger charge is -2.32. The predicted octanol–water partition coefficient (Wildman–Crippen LogP) is 3.31. The molecule has 1 aromatic heterocycles. The minimum atomic E-state index is -1.12. The van der Waals surface area contributed by atoms with E-state index in [-0.39, 0.29) is 34.3 Å². The Hall–Kier alpha value is -5.67. The molecule has 0 unspecified atom stereocenters. The van der Waals surface area contributed by atoms with Crippen LogP contribution in [0, 0.1) is 5.82 Å². The second kappa shape index (κ2) is 15.3. The number of carbonyl (C=O) groups excluding carboxylic acids is 3. The van der Waals surface area contributed by atoms with E-state index in [4.69, 9.17) is 11.6 Å². The molecule has 1 fully saturated rings. The number of hydrogen-bond acceptors (Lipinski definition) is 8. The number of amides is 4. The second-order valence-corrected chi connectivity index (χ2v) is 11.3. The molecule has 16 heteroatoms. The molecule has 48 heavy (non-hydrogen) atoms. The fourth-order valence-corrected chi connectivity index (χ4v) is 5.04. The minimum absolute atomic E-state index is 0.0390. The molecule has 2 heterocycles. The van der Waals surface area contributed by atoms with Crippen LogP contribution in [0.1, 0.15) is 21.5 Å². The van der Waals surface area contributed by atoms with Crippen LogP contribution in [0.4, 0.5) is 20.6 Å². The highest BCUT2D eigenvalue weighted by Crippen LogP contribution is 2.25. The topological polar surface area (TPSA) is 175 Å². The third kappa shape index (κ3) is 8.57. The zero-order valence-corrected chi connectivity index (χ0v) is 26.4. The second-order valence-electron chi connectivity index (χ2n) is 10.9. The van der Waals surface area contributed by atoms with Gasteiger partial charge in [-0.25, -0.2) is 14.0 Å². The van der Waals surface area contributed by atoms with Crippen molar-refractivity contribution in [1.29, 1.82) is 0 Å². The number of benzene rings is 3. The number of nitrogens with zero attached hydrogens (tertiary/aromatic N) is 6. The van der Waals surface area contributed by atoms with Crippen LogP contribution in [0.15, 0.2) is 73.1 Å². The Labute approximate surface area is 279 Å². The van der Waals surface area contributed by atoms with E-state index < -0.39 is 29.6 Å². The lowest BCUT2D eigenvalue weighted by Crippen LogP contribution is -2.48. The number of likely N-dealkylation sites (N-methyl/N-ethyl adjacent to an activating group) is 1. The van der Waals surface area contributed by atoms with E-state index in [1.54, 1.807) is 29.2 Å². The van der Waals surface area contributed by atoms with Crippen molar-refractivity contribution in [2.24, 2.45) is 0 Å². The molecule has 5 rings (SSSR count). The van der Waals surface area contributed by atoms with E-state index in [0.29, 0.717) is 30.0 Å². The molecule has 0 radical (unpaired) electrons. The van der Waals surface area contributed by atoms with Crippen molar-refractivity contribution in [2.75, 3.05) is 43.9 Å². The lowest BCUT2D eigenvalue weighted by molar-refractivity contribution is -0.123. The number of halogens is 2. The average molecular weight is 676 g/mol. The monoisotopic (exact) mass is 675 g/mol. The summed E-state index contributed by atoms with van der Waals surface area (Å²) in [5.74, 6) is -3.22. The molecule has 0 bridgehead atoms. The van der Waals surface area contributed by atoms with Crippen LogP contribution in [-0.2, 0) is 16.0 Å². The van der Waals surface area contributed by atoms with Crippen molar-refractivity contribution in [3.63, 3.8) is 0 Å². The number of urea groups is 1. The van der Waals surface area contributed by atoms with Gasteiger partial charge in [0.1, 0.15) is 12.4 Å². The normalized spacial score (nSPS) is 14.0. The Morgan fingerprint density at radius 3 is 2.27 bits per heavy atom. The van der Waals surface area contributed by atoms with Crippen LogP contribution in [0.2, 0.25) is 5.02 Å². The standard InChI is InChI=1S/C32H31ClFN9O5/c1-41-14-16-42(17-15-41)32(48)37-23-6-2-20(3-7-23)18-26(30(45)36-22-8-4-21(5-9-22)31(46)47)38-28(44)13-10-24-27(43-19-35-39-40-43)12-11-25(33)29(24)34/h2-13,19,26H,14-18H2,1H3,(H,36,45)(H,37,48)(H,38,44)(H,46,47)/b13-10+/t26-/m0/s1. The molecule has 1 aliphatic heterocycles. The number of carbonyl (C=O) groups is 4. The SMILES string of the molecule is CN1CCN(C(=O)Nc2ccc(C[C@H](NC(=O)/C=C/c3c(-n4cnnn4)ccc(Cl)c3F)C(=O)Nc3ccc(C(=O)O)cc3)cc2)CC1. The van der Waals surface area contributed by atoms with Gasteiger partial charge in [0.05, 0.1) is 16.3 Å². The number of piperazine rings is 1. The molecule has 14 nitrogen and oxygen atoms in total. The van der Waals surface area contributed by atoms with Gasteiger partial charge in [0.15, 0.2) is 5.82 Å². The van der Waals surface area contributed by atoms with Crippen molar-refractivity contribution >= 4 is 52.9 Å². The highest BCUT2D eigenvalue weighted by atomic mass is 35.5. The van der Waals surface area contributed by atoms with E-state index in [9.17, 15) is 24.3 Å². The molecule has 0 spiro atoms. The Bertz CT molecular complexity index is 1810. The largest absolute Gasteiger partial charge is 0.478 e. The molecule has 248 valence electrons. The van der Waals surface area contributed by atoms with Gasteiger partial charge in [-0.2, -0.15) is 4.68 Å². The minimum Gasteiger partial charge on any atom is -0.478 e. The molecule has 0 aliphatic carbocycles. The van der Waals surface area contributed by atoms with Gasteiger partial charge in [-0.05, 0) is 77.6 Å². The van der Waals surface area contributed by atoms with Crippen LogP contribution in [-0.4, -0.2) is 98.2 Å². The average Bonchev–Trinajstić information content (AvgIpc) is 3.61. The molecule has 4 amide bonds. The number of aromatic carboxylic acids is 1. The van der Waals surface area contributed by atoms with E-state index in [1.807, 2.05) is 7.05 Å². The molecular weight excluding hydrogens is 645 g/mol. The third-order valence-corrected chi connectivity index (χ3v) is 7.87. The Kier molecular flexibility index (Phi) is 10.7. The zero-order valence-electron chi connectivity index (χ0n) is 25.6. The first kappa shape index (κ1) is 33.7. The lowest BCUT2D eigenvalue weighted by atomic mass is 10.0. The highest BCUT2D eigenvalue weighted by Gasteiger charge is 2.23. The number of rotatable bonds is 10. The first-order valence-corrected chi connectivity index (χ1v) is 15.1. The number of anilines is 2. The fraction of sp³-hybridized carbons (Fsp3) is 0.219. The molecular formula is C32H31ClFN9O5. The van der Waals surface area contributed by atoms with E-state index in [2.05, 4.69) is 36.4 Å². The summed E-state index contributed by atoms with van der Waals surface area (Å²) in [6.45, 7) is 2.81. The van der Waals surface area contributed by atoms with E-state index in [1.165, 1.54) is 53.5 Å². The van der Waals surface area contributed by atoms with Crippen LogP contribution in [0.3, 0.4) is 0 Å². The number of carboxylic acid groups (broad SMARTS) is 1.